The molecular weight excluding hydrogens is 454 g/mol. The molecule has 4 heterocycles. The van der Waals surface area contributed by atoms with Gasteiger partial charge in [-0.15, -0.1) is 32.9 Å². The summed E-state index contributed by atoms with van der Waals surface area (Å²) in [6.45, 7) is 6.85. The SMILES string of the molecule is Cc1sc2c(c1C)C(c1ccc(NCc3cccs3)cc1)=N[C@@H](CC(=O)O)c1nnc(C)n1-2. The first-order valence-electron chi connectivity index (χ1n) is 10.6. The molecule has 0 radical (unpaired) electrons. The summed E-state index contributed by atoms with van der Waals surface area (Å²) in [5, 5.41) is 24.6. The second-order valence-corrected chi connectivity index (χ2v) is 10.2. The van der Waals surface area contributed by atoms with Crippen LogP contribution in [0.25, 0.3) is 5.00 Å². The van der Waals surface area contributed by atoms with Gasteiger partial charge in [0.2, 0.25) is 0 Å². The van der Waals surface area contributed by atoms with Crippen molar-refractivity contribution in [3.05, 3.63) is 79.9 Å². The minimum absolute atomic E-state index is 0.144. The van der Waals surface area contributed by atoms with Crippen LogP contribution >= 0.6 is 22.7 Å². The van der Waals surface area contributed by atoms with Crippen LogP contribution in [0.3, 0.4) is 0 Å². The number of anilines is 1. The molecule has 168 valence electrons. The maximum atomic E-state index is 11.7. The van der Waals surface area contributed by atoms with Gasteiger partial charge in [0.1, 0.15) is 16.9 Å². The molecule has 1 atom stereocenters. The molecule has 3 aromatic heterocycles. The third kappa shape index (κ3) is 3.98. The third-order valence-electron chi connectivity index (χ3n) is 5.81. The number of aliphatic carboxylic acids is 1. The molecule has 5 rings (SSSR count). The molecule has 1 aromatic carbocycles. The molecule has 9 heteroatoms. The fourth-order valence-corrected chi connectivity index (χ4v) is 5.90. The Morgan fingerprint density at radius 1 is 1.15 bits per heavy atom. The van der Waals surface area contributed by atoms with Crippen molar-refractivity contribution in [3.8, 4) is 5.00 Å². The minimum Gasteiger partial charge on any atom is -0.481 e. The zero-order valence-corrected chi connectivity index (χ0v) is 20.1. The number of fused-ring (bicyclic) bond motifs is 3. The first kappa shape index (κ1) is 21.5. The molecule has 2 N–H and O–H groups in total. The predicted molar refractivity (Wildman–Crippen MR) is 132 cm³/mol. The fourth-order valence-electron chi connectivity index (χ4n) is 4.04. The van der Waals surface area contributed by atoms with Crippen molar-refractivity contribution in [3.63, 3.8) is 0 Å². The Labute approximate surface area is 199 Å². The first-order chi connectivity index (χ1) is 15.9. The monoisotopic (exact) mass is 477 g/mol. The highest BCUT2D eigenvalue weighted by molar-refractivity contribution is 7.15. The highest BCUT2D eigenvalue weighted by Crippen LogP contribution is 2.39. The standard InChI is InChI=1S/C24H23N5O2S2/c1-13-14(2)33-24-21(13)22(26-19(11-20(30)31)23-28-27-15(3)29(23)24)16-6-8-17(9-7-16)25-12-18-5-4-10-32-18/h4-10,19,25H,11-12H2,1-3H3,(H,30,31)/t19-/m0/s1. The van der Waals surface area contributed by atoms with E-state index in [9.17, 15) is 9.90 Å². The maximum Gasteiger partial charge on any atom is 0.306 e. The summed E-state index contributed by atoms with van der Waals surface area (Å²) in [5.74, 6) is 0.385. The maximum absolute atomic E-state index is 11.7. The molecule has 7 nitrogen and oxygen atoms in total. The molecule has 1 aliphatic heterocycles. The molecule has 0 aliphatic carbocycles. The molecule has 33 heavy (non-hydrogen) atoms. The summed E-state index contributed by atoms with van der Waals surface area (Å²) in [5.41, 5.74) is 4.94. The Morgan fingerprint density at radius 2 is 1.94 bits per heavy atom. The van der Waals surface area contributed by atoms with E-state index in [4.69, 9.17) is 4.99 Å². The van der Waals surface area contributed by atoms with E-state index in [-0.39, 0.29) is 6.42 Å². The molecule has 0 saturated carbocycles. The first-order valence-corrected chi connectivity index (χ1v) is 12.3. The Hall–Kier alpha value is -3.30. The van der Waals surface area contributed by atoms with Crippen LogP contribution in [0.5, 0.6) is 0 Å². The lowest BCUT2D eigenvalue weighted by Crippen LogP contribution is -2.10. The number of nitrogens with one attached hydrogen (secondary N) is 1. The van der Waals surface area contributed by atoms with Crippen LogP contribution in [-0.2, 0) is 11.3 Å². The molecule has 0 bridgehead atoms. The number of carbonyl (C=O) groups is 1. The van der Waals surface area contributed by atoms with E-state index in [0.29, 0.717) is 5.82 Å². The number of carboxylic acids is 1. The quantitative estimate of drug-likeness (QED) is 0.393. The van der Waals surface area contributed by atoms with Crippen molar-refractivity contribution >= 4 is 40.0 Å². The van der Waals surface area contributed by atoms with Crippen molar-refractivity contribution in [1.82, 2.24) is 14.8 Å². The minimum atomic E-state index is -0.915. The van der Waals surface area contributed by atoms with Gasteiger partial charge in [0.05, 0.1) is 12.1 Å². The second-order valence-electron chi connectivity index (χ2n) is 8.01. The molecule has 0 unspecified atom stereocenters. The molecular formula is C24H23N5O2S2. The van der Waals surface area contributed by atoms with Crippen molar-refractivity contribution < 1.29 is 9.90 Å². The average Bonchev–Trinajstić information content (AvgIpc) is 3.49. The van der Waals surface area contributed by atoms with Crippen LogP contribution in [0.1, 0.15) is 50.6 Å². The number of aryl methyl sites for hydroxylation is 2. The average molecular weight is 478 g/mol. The van der Waals surface area contributed by atoms with Gasteiger partial charge in [-0.2, -0.15) is 0 Å². The number of hydrogen-bond acceptors (Lipinski definition) is 7. The van der Waals surface area contributed by atoms with E-state index in [1.54, 1.807) is 22.7 Å². The number of hydrogen-bond donors (Lipinski definition) is 2. The molecule has 1 aliphatic rings. The van der Waals surface area contributed by atoms with Gasteiger partial charge < -0.3 is 10.4 Å². The summed E-state index contributed by atoms with van der Waals surface area (Å²) in [6.07, 6.45) is -0.144. The Kier molecular flexibility index (Phi) is 5.59. The van der Waals surface area contributed by atoms with E-state index < -0.39 is 12.0 Å². The molecule has 0 spiro atoms. The van der Waals surface area contributed by atoms with Gasteiger partial charge in [-0.3, -0.25) is 14.4 Å². The Balaban J connectivity index is 1.58. The predicted octanol–water partition coefficient (Wildman–Crippen LogP) is 5.29. The molecule has 4 aromatic rings. The summed E-state index contributed by atoms with van der Waals surface area (Å²) < 4.78 is 1.97. The number of benzene rings is 1. The fraction of sp³-hybridized carbons (Fsp3) is 0.250. The van der Waals surface area contributed by atoms with Crippen molar-refractivity contribution in [1.29, 1.82) is 0 Å². The third-order valence-corrected chi connectivity index (χ3v) is 7.88. The van der Waals surface area contributed by atoms with Crippen LogP contribution in [0.4, 0.5) is 5.69 Å². The Bertz CT molecular complexity index is 1350. The van der Waals surface area contributed by atoms with E-state index in [1.165, 1.54) is 9.75 Å². The lowest BCUT2D eigenvalue weighted by molar-refractivity contribution is -0.137. The van der Waals surface area contributed by atoms with Crippen LogP contribution in [0, 0.1) is 20.8 Å². The van der Waals surface area contributed by atoms with Gasteiger partial charge in [0, 0.05) is 33.1 Å². The second kappa shape index (κ2) is 8.57. The van der Waals surface area contributed by atoms with Crippen LogP contribution in [0.15, 0.2) is 46.8 Å². The van der Waals surface area contributed by atoms with Gasteiger partial charge >= 0.3 is 5.97 Å². The summed E-state index contributed by atoms with van der Waals surface area (Å²) >= 11 is 3.39. The van der Waals surface area contributed by atoms with E-state index in [2.05, 4.69) is 40.8 Å². The lowest BCUT2D eigenvalue weighted by Gasteiger charge is -2.12. The summed E-state index contributed by atoms with van der Waals surface area (Å²) in [6, 6.07) is 11.7. The lowest BCUT2D eigenvalue weighted by atomic mass is 9.99. The smallest absolute Gasteiger partial charge is 0.306 e. The van der Waals surface area contributed by atoms with Gasteiger partial charge in [-0.1, -0.05) is 18.2 Å². The van der Waals surface area contributed by atoms with Gasteiger partial charge in [-0.05, 0) is 49.9 Å². The molecule has 0 fully saturated rings. The van der Waals surface area contributed by atoms with Gasteiger partial charge in [0.25, 0.3) is 0 Å². The van der Waals surface area contributed by atoms with Crippen LogP contribution < -0.4 is 5.32 Å². The van der Waals surface area contributed by atoms with E-state index >= 15 is 0 Å². The number of thiophene rings is 2. The Morgan fingerprint density at radius 3 is 2.64 bits per heavy atom. The van der Waals surface area contributed by atoms with Crippen LogP contribution in [0.2, 0.25) is 0 Å². The zero-order valence-electron chi connectivity index (χ0n) is 18.5. The van der Waals surface area contributed by atoms with Crippen LogP contribution in [-0.4, -0.2) is 31.6 Å². The number of nitrogens with zero attached hydrogens (tertiary/aromatic N) is 4. The number of aromatic nitrogens is 3. The number of aliphatic imine (C=N–C) groups is 1. The van der Waals surface area contributed by atoms with E-state index in [1.807, 2.05) is 41.8 Å². The normalized spacial score (nSPS) is 14.9. The van der Waals surface area contributed by atoms with E-state index in [0.717, 1.165) is 45.5 Å². The van der Waals surface area contributed by atoms with Crippen molar-refractivity contribution in [2.24, 2.45) is 4.99 Å². The van der Waals surface area contributed by atoms with Gasteiger partial charge in [-0.25, -0.2) is 0 Å². The topological polar surface area (TPSA) is 92.4 Å². The zero-order chi connectivity index (χ0) is 23.1. The van der Waals surface area contributed by atoms with Crippen molar-refractivity contribution in [2.45, 2.75) is 39.8 Å². The highest BCUT2D eigenvalue weighted by Gasteiger charge is 2.32. The number of carboxylic acid groups (broad SMARTS) is 1. The molecule has 0 saturated heterocycles. The largest absolute Gasteiger partial charge is 0.481 e. The van der Waals surface area contributed by atoms with Gasteiger partial charge in [0.15, 0.2) is 5.82 Å². The summed E-state index contributed by atoms with van der Waals surface area (Å²) in [7, 11) is 0. The highest BCUT2D eigenvalue weighted by atomic mass is 32.1. The summed E-state index contributed by atoms with van der Waals surface area (Å²) in [4.78, 5) is 19.1. The number of rotatable bonds is 6. The molecule has 0 amide bonds. The van der Waals surface area contributed by atoms with Crippen molar-refractivity contribution in [2.75, 3.05) is 5.32 Å².